The maximum atomic E-state index is 4.53. The quantitative estimate of drug-likeness (QED) is 0.880. The standard InChI is InChI=1S/C12H15N3S/c1-3-6-14-12-8-13-7-10(15-12)11-5-4-9(2)16-11/h4-5,7-8H,3,6H2,1-2H3,(H,14,15). The smallest absolute Gasteiger partial charge is 0.145 e. The molecule has 4 heteroatoms. The fourth-order valence-corrected chi connectivity index (χ4v) is 2.22. The third-order valence-electron chi connectivity index (χ3n) is 2.18. The number of hydrogen-bond donors (Lipinski definition) is 1. The molecule has 0 fully saturated rings. The Hall–Kier alpha value is -1.42. The van der Waals surface area contributed by atoms with E-state index in [1.165, 1.54) is 9.75 Å². The van der Waals surface area contributed by atoms with Crippen LogP contribution in [0, 0.1) is 6.92 Å². The van der Waals surface area contributed by atoms with Crippen molar-refractivity contribution in [2.75, 3.05) is 11.9 Å². The average molecular weight is 233 g/mol. The van der Waals surface area contributed by atoms with E-state index in [0.717, 1.165) is 24.5 Å². The lowest BCUT2D eigenvalue weighted by atomic mass is 10.3. The van der Waals surface area contributed by atoms with Gasteiger partial charge in [0.25, 0.3) is 0 Å². The minimum atomic E-state index is 0.852. The molecule has 2 heterocycles. The average Bonchev–Trinajstić information content (AvgIpc) is 2.74. The van der Waals surface area contributed by atoms with Crippen LogP contribution in [0.2, 0.25) is 0 Å². The maximum absolute atomic E-state index is 4.53. The minimum Gasteiger partial charge on any atom is -0.369 e. The van der Waals surface area contributed by atoms with Crippen LogP contribution in [0.1, 0.15) is 18.2 Å². The van der Waals surface area contributed by atoms with Gasteiger partial charge in [-0.15, -0.1) is 11.3 Å². The van der Waals surface area contributed by atoms with Crippen LogP contribution in [0.15, 0.2) is 24.5 Å². The zero-order valence-electron chi connectivity index (χ0n) is 9.53. The van der Waals surface area contributed by atoms with Crippen LogP contribution in [0.5, 0.6) is 0 Å². The molecule has 0 amide bonds. The van der Waals surface area contributed by atoms with Gasteiger partial charge in [0.1, 0.15) is 11.5 Å². The maximum Gasteiger partial charge on any atom is 0.145 e. The lowest BCUT2D eigenvalue weighted by molar-refractivity contribution is 0.965. The number of aromatic nitrogens is 2. The lowest BCUT2D eigenvalue weighted by Gasteiger charge is -2.04. The van der Waals surface area contributed by atoms with Gasteiger partial charge < -0.3 is 5.32 Å². The molecule has 0 aliphatic heterocycles. The summed E-state index contributed by atoms with van der Waals surface area (Å²) in [5, 5.41) is 3.24. The third-order valence-corrected chi connectivity index (χ3v) is 3.21. The second-order valence-electron chi connectivity index (χ2n) is 3.63. The second-order valence-corrected chi connectivity index (χ2v) is 4.91. The van der Waals surface area contributed by atoms with Crippen molar-refractivity contribution in [3.63, 3.8) is 0 Å². The van der Waals surface area contributed by atoms with Crippen LogP contribution in [0.4, 0.5) is 5.82 Å². The minimum absolute atomic E-state index is 0.852. The van der Waals surface area contributed by atoms with Gasteiger partial charge in [-0.05, 0) is 25.5 Å². The molecule has 16 heavy (non-hydrogen) atoms. The van der Waals surface area contributed by atoms with Crippen molar-refractivity contribution in [1.29, 1.82) is 0 Å². The van der Waals surface area contributed by atoms with E-state index in [9.17, 15) is 0 Å². The van der Waals surface area contributed by atoms with Crippen molar-refractivity contribution in [3.8, 4) is 10.6 Å². The first kappa shape index (κ1) is 11.1. The Kier molecular flexibility index (Phi) is 3.51. The van der Waals surface area contributed by atoms with Gasteiger partial charge in [-0.3, -0.25) is 4.98 Å². The largest absolute Gasteiger partial charge is 0.369 e. The van der Waals surface area contributed by atoms with Crippen molar-refractivity contribution in [2.45, 2.75) is 20.3 Å². The molecular formula is C12H15N3S. The van der Waals surface area contributed by atoms with Gasteiger partial charge in [-0.1, -0.05) is 6.92 Å². The molecule has 0 spiro atoms. The Morgan fingerprint density at radius 3 is 2.88 bits per heavy atom. The number of hydrogen-bond acceptors (Lipinski definition) is 4. The van der Waals surface area contributed by atoms with E-state index in [4.69, 9.17) is 0 Å². The monoisotopic (exact) mass is 233 g/mol. The lowest BCUT2D eigenvalue weighted by Crippen LogP contribution is -2.02. The molecule has 0 aliphatic rings. The van der Waals surface area contributed by atoms with Crippen LogP contribution in [-0.2, 0) is 0 Å². The van der Waals surface area contributed by atoms with Crippen molar-refractivity contribution >= 4 is 17.2 Å². The Labute approximate surface area is 99.6 Å². The highest BCUT2D eigenvalue weighted by atomic mass is 32.1. The van der Waals surface area contributed by atoms with Crippen LogP contribution in [0.3, 0.4) is 0 Å². The van der Waals surface area contributed by atoms with Crippen LogP contribution in [0.25, 0.3) is 10.6 Å². The molecule has 2 aromatic heterocycles. The highest BCUT2D eigenvalue weighted by Gasteiger charge is 2.03. The Morgan fingerprint density at radius 1 is 1.31 bits per heavy atom. The zero-order valence-corrected chi connectivity index (χ0v) is 10.3. The summed E-state index contributed by atoms with van der Waals surface area (Å²) in [6, 6.07) is 4.20. The summed E-state index contributed by atoms with van der Waals surface area (Å²) in [6.45, 7) is 5.16. The van der Waals surface area contributed by atoms with E-state index < -0.39 is 0 Å². The molecule has 0 saturated heterocycles. The van der Waals surface area contributed by atoms with Gasteiger partial charge in [-0.2, -0.15) is 0 Å². The predicted octanol–water partition coefficient (Wildman–Crippen LogP) is 3.34. The summed E-state index contributed by atoms with van der Waals surface area (Å²) in [5.74, 6) is 0.852. The van der Waals surface area contributed by atoms with E-state index in [0.29, 0.717) is 0 Å². The normalized spacial score (nSPS) is 10.4. The van der Waals surface area contributed by atoms with E-state index in [1.807, 2.05) is 6.20 Å². The first-order valence-electron chi connectivity index (χ1n) is 5.42. The molecule has 0 radical (unpaired) electrons. The molecule has 84 valence electrons. The number of anilines is 1. The molecule has 2 rings (SSSR count). The van der Waals surface area contributed by atoms with Crippen LogP contribution >= 0.6 is 11.3 Å². The van der Waals surface area contributed by atoms with Crippen molar-refractivity contribution < 1.29 is 0 Å². The van der Waals surface area contributed by atoms with E-state index in [1.54, 1.807) is 17.5 Å². The molecule has 0 aromatic carbocycles. The third kappa shape index (κ3) is 2.58. The summed E-state index contributed by atoms with van der Waals surface area (Å²) in [6.07, 6.45) is 4.66. The SMILES string of the molecule is CCCNc1cncc(-c2ccc(C)s2)n1. The molecule has 3 nitrogen and oxygen atoms in total. The van der Waals surface area contributed by atoms with Gasteiger partial charge in [0.05, 0.1) is 17.3 Å². The summed E-state index contributed by atoms with van der Waals surface area (Å²) in [5.41, 5.74) is 0.944. The fourth-order valence-electron chi connectivity index (χ4n) is 1.40. The summed E-state index contributed by atoms with van der Waals surface area (Å²) >= 11 is 1.74. The molecule has 2 aromatic rings. The molecule has 0 unspecified atom stereocenters. The Balaban J connectivity index is 2.22. The van der Waals surface area contributed by atoms with Gasteiger partial charge in [0, 0.05) is 11.4 Å². The highest BCUT2D eigenvalue weighted by molar-refractivity contribution is 7.15. The van der Waals surface area contributed by atoms with Crippen LogP contribution in [-0.4, -0.2) is 16.5 Å². The highest BCUT2D eigenvalue weighted by Crippen LogP contribution is 2.26. The first-order chi connectivity index (χ1) is 7.79. The van der Waals surface area contributed by atoms with Crippen LogP contribution < -0.4 is 5.32 Å². The van der Waals surface area contributed by atoms with Gasteiger partial charge in [-0.25, -0.2) is 4.98 Å². The molecular weight excluding hydrogens is 218 g/mol. The number of nitrogens with one attached hydrogen (secondary N) is 1. The van der Waals surface area contributed by atoms with Gasteiger partial charge >= 0.3 is 0 Å². The number of thiophene rings is 1. The molecule has 0 saturated carbocycles. The Bertz CT molecular complexity index is 465. The zero-order chi connectivity index (χ0) is 11.4. The Morgan fingerprint density at radius 2 is 2.19 bits per heavy atom. The number of nitrogens with zero attached hydrogens (tertiary/aromatic N) is 2. The predicted molar refractivity (Wildman–Crippen MR) is 68.9 cm³/mol. The van der Waals surface area contributed by atoms with E-state index >= 15 is 0 Å². The summed E-state index contributed by atoms with van der Waals surface area (Å²) in [4.78, 5) is 11.2. The van der Waals surface area contributed by atoms with Crippen molar-refractivity contribution in [2.24, 2.45) is 0 Å². The van der Waals surface area contributed by atoms with Gasteiger partial charge in [0.15, 0.2) is 0 Å². The first-order valence-corrected chi connectivity index (χ1v) is 6.24. The fraction of sp³-hybridized carbons (Fsp3) is 0.333. The molecule has 0 aliphatic carbocycles. The summed E-state index contributed by atoms with van der Waals surface area (Å²) < 4.78 is 0. The molecule has 0 atom stereocenters. The molecule has 1 N–H and O–H groups in total. The topological polar surface area (TPSA) is 37.8 Å². The van der Waals surface area contributed by atoms with E-state index in [-0.39, 0.29) is 0 Å². The number of rotatable bonds is 4. The van der Waals surface area contributed by atoms with Crippen molar-refractivity contribution in [1.82, 2.24) is 9.97 Å². The number of aryl methyl sites for hydroxylation is 1. The van der Waals surface area contributed by atoms with Crippen molar-refractivity contribution in [3.05, 3.63) is 29.4 Å². The van der Waals surface area contributed by atoms with Gasteiger partial charge in [0.2, 0.25) is 0 Å². The summed E-state index contributed by atoms with van der Waals surface area (Å²) in [7, 11) is 0. The van der Waals surface area contributed by atoms with E-state index in [2.05, 4.69) is 41.3 Å². The second kappa shape index (κ2) is 5.07. The molecule has 0 bridgehead atoms.